The predicted molar refractivity (Wildman–Crippen MR) is 86.0 cm³/mol. The molecule has 3 nitrogen and oxygen atoms in total. The highest BCUT2D eigenvalue weighted by Crippen LogP contribution is 2.22. The van der Waals surface area contributed by atoms with Gasteiger partial charge in [0.2, 0.25) is 0 Å². The molecule has 0 radical (unpaired) electrons. The van der Waals surface area contributed by atoms with Gasteiger partial charge in [0.05, 0.1) is 0 Å². The molecule has 3 rings (SSSR count). The summed E-state index contributed by atoms with van der Waals surface area (Å²) in [6, 6.07) is 13.8. The van der Waals surface area contributed by atoms with Crippen molar-refractivity contribution in [2.75, 3.05) is 13.1 Å². The fourth-order valence-electron chi connectivity index (χ4n) is 2.93. The number of piperazine rings is 1. The van der Waals surface area contributed by atoms with Crippen molar-refractivity contribution < 1.29 is 0 Å². The maximum atomic E-state index is 4.27. The molecule has 3 heteroatoms. The molecule has 1 saturated heterocycles. The van der Waals surface area contributed by atoms with Gasteiger partial charge in [-0.3, -0.25) is 9.88 Å². The third kappa shape index (κ3) is 3.31. The normalized spacial score (nSPS) is 23.1. The van der Waals surface area contributed by atoms with Gasteiger partial charge in [0.1, 0.15) is 0 Å². The van der Waals surface area contributed by atoms with E-state index in [1.54, 1.807) is 0 Å². The highest BCUT2D eigenvalue weighted by atomic mass is 15.2. The molecule has 1 aromatic carbocycles. The molecular formula is C18H23N3. The number of hydrogen-bond acceptors (Lipinski definition) is 3. The Labute approximate surface area is 127 Å². The zero-order valence-electron chi connectivity index (χ0n) is 12.8. The second-order valence-corrected chi connectivity index (χ2v) is 5.95. The summed E-state index contributed by atoms with van der Waals surface area (Å²) in [5.41, 5.74) is 4.03. The van der Waals surface area contributed by atoms with Gasteiger partial charge in [-0.2, -0.15) is 0 Å². The van der Waals surface area contributed by atoms with Crippen LogP contribution in [0.4, 0.5) is 0 Å². The van der Waals surface area contributed by atoms with Gasteiger partial charge in [-0.1, -0.05) is 30.3 Å². The third-order valence-electron chi connectivity index (χ3n) is 4.42. The number of benzene rings is 1. The van der Waals surface area contributed by atoms with E-state index in [2.05, 4.69) is 65.4 Å². The number of rotatable bonds is 3. The van der Waals surface area contributed by atoms with Crippen LogP contribution in [0.15, 0.2) is 48.8 Å². The SMILES string of the molecule is Cc1ccncc1CN1CC(c2ccccc2)NCC1C. The van der Waals surface area contributed by atoms with Crippen LogP contribution in [-0.4, -0.2) is 29.0 Å². The first-order chi connectivity index (χ1) is 10.2. The lowest BCUT2D eigenvalue weighted by Gasteiger charge is -2.39. The maximum absolute atomic E-state index is 4.27. The Balaban J connectivity index is 1.74. The average molecular weight is 281 g/mol. The Morgan fingerprint density at radius 1 is 1.24 bits per heavy atom. The van der Waals surface area contributed by atoms with Crippen molar-refractivity contribution in [3.05, 3.63) is 65.5 Å². The van der Waals surface area contributed by atoms with Crippen molar-refractivity contribution in [3.8, 4) is 0 Å². The van der Waals surface area contributed by atoms with E-state index < -0.39 is 0 Å². The van der Waals surface area contributed by atoms with Crippen LogP contribution in [0.1, 0.15) is 29.7 Å². The van der Waals surface area contributed by atoms with E-state index >= 15 is 0 Å². The van der Waals surface area contributed by atoms with Crippen LogP contribution in [-0.2, 0) is 6.54 Å². The molecule has 0 amide bonds. The second kappa shape index (κ2) is 6.37. The zero-order chi connectivity index (χ0) is 14.7. The van der Waals surface area contributed by atoms with Crippen LogP contribution in [0, 0.1) is 6.92 Å². The lowest BCUT2D eigenvalue weighted by molar-refractivity contribution is 0.133. The fraction of sp³-hybridized carbons (Fsp3) is 0.389. The Hall–Kier alpha value is -1.71. The molecule has 2 aromatic rings. The number of aryl methyl sites for hydroxylation is 1. The Morgan fingerprint density at radius 3 is 2.81 bits per heavy atom. The third-order valence-corrected chi connectivity index (χ3v) is 4.42. The van der Waals surface area contributed by atoms with Crippen molar-refractivity contribution in [2.45, 2.75) is 32.5 Å². The first-order valence-corrected chi connectivity index (χ1v) is 7.66. The molecule has 2 unspecified atom stereocenters. The van der Waals surface area contributed by atoms with Crippen molar-refractivity contribution in [1.82, 2.24) is 15.2 Å². The summed E-state index contributed by atoms with van der Waals surface area (Å²) in [4.78, 5) is 6.82. The molecule has 2 heterocycles. The van der Waals surface area contributed by atoms with Crippen LogP contribution in [0.3, 0.4) is 0 Å². The minimum absolute atomic E-state index is 0.416. The van der Waals surface area contributed by atoms with Gasteiger partial charge in [0.15, 0.2) is 0 Å². The van der Waals surface area contributed by atoms with E-state index in [0.29, 0.717) is 12.1 Å². The first kappa shape index (κ1) is 14.2. The average Bonchev–Trinajstić information content (AvgIpc) is 2.52. The molecule has 0 bridgehead atoms. The van der Waals surface area contributed by atoms with Crippen LogP contribution in [0.25, 0.3) is 0 Å². The van der Waals surface area contributed by atoms with Gasteiger partial charge in [-0.25, -0.2) is 0 Å². The van der Waals surface area contributed by atoms with Gasteiger partial charge < -0.3 is 5.32 Å². The van der Waals surface area contributed by atoms with Crippen molar-refractivity contribution >= 4 is 0 Å². The maximum Gasteiger partial charge on any atom is 0.0450 e. The van der Waals surface area contributed by atoms with Crippen molar-refractivity contribution in [3.63, 3.8) is 0 Å². The largest absolute Gasteiger partial charge is 0.307 e. The molecular weight excluding hydrogens is 258 g/mol. The molecule has 0 saturated carbocycles. The molecule has 1 aliphatic rings. The summed E-state index contributed by atoms with van der Waals surface area (Å²) in [6.45, 7) is 7.50. The first-order valence-electron chi connectivity index (χ1n) is 7.66. The van der Waals surface area contributed by atoms with Gasteiger partial charge in [0.25, 0.3) is 0 Å². The summed E-state index contributed by atoms with van der Waals surface area (Å²) in [5, 5.41) is 3.66. The smallest absolute Gasteiger partial charge is 0.0450 e. The highest BCUT2D eigenvalue weighted by molar-refractivity contribution is 5.23. The summed E-state index contributed by atoms with van der Waals surface area (Å²) in [5.74, 6) is 0. The summed E-state index contributed by atoms with van der Waals surface area (Å²) in [6.07, 6.45) is 3.87. The number of aromatic nitrogens is 1. The Morgan fingerprint density at radius 2 is 2.05 bits per heavy atom. The number of pyridine rings is 1. The quantitative estimate of drug-likeness (QED) is 0.937. The highest BCUT2D eigenvalue weighted by Gasteiger charge is 2.26. The molecule has 110 valence electrons. The lowest BCUT2D eigenvalue weighted by Crippen LogP contribution is -2.50. The van der Waals surface area contributed by atoms with Crippen LogP contribution in [0.5, 0.6) is 0 Å². The van der Waals surface area contributed by atoms with E-state index in [0.717, 1.165) is 19.6 Å². The summed E-state index contributed by atoms with van der Waals surface area (Å²) >= 11 is 0. The van der Waals surface area contributed by atoms with E-state index in [1.165, 1.54) is 16.7 Å². The van der Waals surface area contributed by atoms with Gasteiger partial charge >= 0.3 is 0 Å². The van der Waals surface area contributed by atoms with Crippen LogP contribution in [0.2, 0.25) is 0 Å². The Bertz CT molecular complexity index is 582. The van der Waals surface area contributed by atoms with Crippen molar-refractivity contribution in [1.29, 1.82) is 0 Å². The zero-order valence-corrected chi connectivity index (χ0v) is 12.8. The molecule has 21 heavy (non-hydrogen) atoms. The summed E-state index contributed by atoms with van der Waals surface area (Å²) < 4.78 is 0. The van der Waals surface area contributed by atoms with Gasteiger partial charge in [-0.15, -0.1) is 0 Å². The van der Waals surface area contributed by atoms with Crippen LogP contribution >= 0.6 is 0 Å². The summed E-state index contributed by atoms with van der Waals surface area (Å²) in [7, 11) is 0. The lowest BCUT2D eigenvalue weighted by atomic mass is 10.0. The second-order valence-electron chi connectivity index (χ2n) is 5.95. The van der Waals surface area contributed by atoms with E-state index in [-0.39, 0.29) is 0 Å². The van der Waals surface area contributed by atoms with Crippen molar-refractivity contribution in [2.24, 2.45) is 0 Å². The molecule has 0 aliphatic carbocycles. The number of nitrogens with zero attached hydrogens (tertiary/aromatic N) is 2. The number of hydrogen-bond donors (Lipinski definition) is 1. The molecule has 2 atom stereocenters. The van der Waals surface area contributed by atoms with Gasteiger partial charge in [0, 0.05) is 44.1 Å². The standard InChI is InChI=1S/C18H23N3/c1-14-8-9-19-11-17(14)12-21-13-18(20-10-15(21)2)16-6-4-3-5-7-16/h3-9,11,15,18,20H,10,12-13H2,1-2H3. The molecule has 1 N–H and O–H groups in total. The minimum Gasteiger partial charge on any atom is -0.307 e. The van der Waals surface area contributed by atoms with Crippen LogP contribution < -0.4 is 5.32 Å². The van der Waals surface area contributed by atoms with E-state index in [1.807, 2.05) is 12.4 Å². The minimum atomic E-state index is 0.416. The van der Waals surface area contributed by atoms with E-state index in [9.17, 15) is 0 Å². The predicted octanol–water partition coefficient (Wildman–Crippen LogP) is 2.93. The topological polar surface area (TPSA) is 28.2 Å². The van der Waals surface area contributed by atoms with E-state index in [4.69, 9.17) is 0 Å². The molecule has 1 aromatic heterocycles. The van der Waals surface area contributed by atoms with Gasteiger partial charge in [-0.05, 0) is 36.6 Å². The molecule has 0 spiro atoms. The monoisotopic (exact) mass is 281 g/mol. The molecule has 1 aliphatic heterocycles. The molecule has 1 fully saturated rings. The Kier molecular flexibility index (Phi) is 4.32. The number of nitrogens with one attached hydrogen (secondary N) is 1. The fourth-order valence-corrected chi connectivity index (χ4v) is 2.93.